The minimum absolute atomic E-state index is 0.363. The molecule has 0 amide bonds. The largest absolute Gasteiger partial charge is 0.421 e. The van der Waals surface area contributed by atoms with Gasteiger partial charge >= 0.3 is 5.76 Å². The first kappa shape index (κ1) is 10.7. The van der Waals surface area contributed by atoms with Gasteiger partial charge in [0.15, 0.2) is 11.2 Å². The van der Waals surface area contributed by atoms with Crippen LogP contribution in [0.4, 0.5) is 0 Å². The molecule has 0 aliphatic carbocycles. The lowest BCUT2D eigenvalue weighted by molar-refractivity contribution is 0.505. The van der Waals surface area contributed by atoms with Crippen molar-refractivity contribution in [3.05, 3.63) is 59.0 Å². The summed E-state index contributed by atoms with van der Waals surface area (Å²) in [6.45, 7) is 0.548. The Bertz CT molecular complexity index is 716. The topological polar surface area (TPSA) is 60.9 Å². The fraction of sp³-hybridized carbons (Fsp3) is 0.154. The molecular formula is C13H11N3O2. The van der Waals surface area contributed by atoms with E-state index in [2.05, 4.69) is 9.97 Å². The van der Waals surface area contributed by atoms with Gasteiger partial charge in [0.2, 0.25) is 0 Å². The molecule has 0 saturated carbocycles. The highest BCUT2D eigenvalue weighted by Crippen LogP contribution is 2.09. The highest BCUT2D eigenvalue weighted by molar-refractivity contribution is 5.67. The molecule has 3 aromatic heterocycles. The molecule has 0 aliphatic rings. The van der Waals surface area contributed by atoms with E-state index in [9.17, 15) is 4.79 Å². The van der Waals surface area contributed by atoms with Crippen molar-refractivity contribution in [2.75, 3.05) is 0 Å². The van der Waals surface area contributed by atoms with E-state index >= 15 is 0 Å². The van der Waals surface area contributed by atoms with E-state index in [4.69, 9.17) is 4.42 Å². The molecule has 0 unspecified atom stereocenters. The monoisotopic (exact) mass is 241 g/mol. The normalized spacial score (nSPS) is 10.9. The number of aromatic nitrogens is 3. The summed E-state index contributed by atoms with van der Waals surface area (Å²) in [6, 6.07) is 7.35. The molecule has 0 saturated heterocycles. The summed E-state index contributed by atoms with van der Waals surface area (Å²) in [7, 11) is 0. The van der Waals surface area contributed by atoms with Gasteiger partial charge in [-0.05, 0) is 36.2 Å². The van der Waals surface area contributed by atoms with Gasteiger partial charge in [0.05, 0.1) is 0 Å². The highest BCUT2D eigenvalue weighted by Gasteiger charge is 2.09. The number of hydrogen-bond donors (Lipinski definition) is 0. The van der Waals surface area contributed by atoms with Gasteiger partial charge in [-0.25, -0.2) is 9.78 Å². The lowest BCUT2D eigenvalue weighted by atomic mass is 10.2. The zero-order valence-electron chi connectivity index (χ0n) is 9.61. The van der Waals surface area contributed by atoms with Gasteiger partial charge in [0.1, 0.15) is 0 Å². The van der Waals surface area contributed by atoms with Crippen LogP contribution >= 0.6 is 0 Å². The van der Waals surface area contributed by atoms with E-state index in [0.717, 1.165) is 12.0 Å². The van der Waals surface area contributed by atoms with Crippen molar-refractivity contribution in [3.8, 4) is 0 Å². The third-order valence-corrected chi connectivity index (χ3v) is 2.80. The number of fused-ring (bicyclic) bond motifs is 1. The molecule has 3 heterocycles. The summed E-state index contributed by atoms with van der Waals surface area (Å²) in [5, 5.41) is 0. The van der Waals surface area contributed by atoms with Gasteiger partial charge in [0, 0.05) is 25.1 Å². The maximum Gasteiger partial charge on any atom is 0.421 e. The third-order valence-electron chi connectivity index (χ3n) is 2.80. The SMILES string of the molecule is O=c1oc2cccnc2n1CCc1ccncc1. The van der Waals surface area contributed by atoms with Crippen LogP contribution in [0.5, 0.6) is 0 Å². The Balaban J connectivity index is 1.91. The predicted octanol–water partition coefficient (Wildman–Crippen LogP) is 1.63. The summed E-state index contributed by atoms with van der Waals surface area (Å²) in [5.41, 5.74) is 2.25. The molecule has 3 rings (SSSR count). The number of pyridine rings is 2. The van der Waals surface area contributed by atoms with Crippen LogP contribution in [-0.4, -0.2) is 14.5 Å². The van der Waals surface area contributed by atoms with Crippen molar-refractivity contribution in [1.29, 1.82) is 0 Å². The second-order valence-corrected chi connectivity index (χ2v) is 3.95. The third kappa shape index (κ3) is 1.90. The van der Waals surface area contributed by atoms with E-state index in [-0.39, 0.29) is 5.76 Å². The summed E-state index contributed by atoms with van der Waals surface area (Å²) in [4.78, 5) is 19.8. The summed E-state index contributed by atoms with van der Waals surface area (Å²) in [5.74, 6) is -0.363. The second kappa shape index (κ2) is 4.44. The first-order valence-electron chi connectivity index (χ1n) is 5.68. The van der Waals surface area contributed by atoms with Crippen LogP contribution in [0.2, 0.25) is 0 Å². The van der Waals surface area contributed by atoms with Crippen LogP contribution in [0.1, 0.15) is 5.56 Å². The molecule has 3 aromatic rings. The van der Waals surface area contributed by atoms with E-state index in [1.807, 2.05) is 12.1 Å². The van der Waals surface area contributed by atoms with Gasteiger partial charge in [-0.3, -0.25) is 9.55 Å². The molecule has 0 aliphatic heterocycles. The minimum atomic E-state index is -0.363. The fourth-order valence-electron chi connectivity index (χ4n) is 1.89. The van der Waals surface area contributed by atoms with Gasteiger partial charge in [-0.15, -0.1) is 0 Å². The van der Waals surface area contributed by atoms with Gasteiger partial charge in [-0.1, -0.05) is 0 Å². The van der Waals surface area contributed by atoms with Crippen molar-refractivity contribution in [2.45, 2.75) is 13.0 Å². The van der Waals surface area contributed by atoms with E-state index in [1.54, 1.807) is 35.3 Å². The lowest BCUT2D eigenvalue weighted by Gasteiger charge is -2.01. The quantitative estimate of drug-likeness (QED) is 0.699. The zero-order chi connectivity index (χ0) is 12.4. The maximum absolute atomic E-state index is 11.7. The average Bonchev–Trinajstić information content (AvgIpc) is 2.73. The molecule has 18 heavy (non-hydrogen) atoms. The Hall–Kier alpha value is -2.43. The van der Waals surface area contributed by atoms with Crippen LogP contribution in [-0.2, 0) is 13.0 Å². The zero-order valence-corrected chi connectivity index (χ0v) is 9.61. The van der Waals surface area contributed by atoms with E-state index < -0.39 is 0 Å². The molecule has 0 spiro atoms. The van der Waals surface area contributed by atoms with Crippen LogP contribution in [0.25, 0.3) is 11.2 Å². The first-order chi connectivity index (χ1) is 8.84. The van der Waals surface area contributed by atoms with Crippen molar-refractivity contribution < 1.29 is 4.42 Å². The summed E-state index contributed by atoms with van der Waals surface area (Å²) >= 11 is 0. The standard InChI is InChI=1S/C13H11N3O2/c17-13-16(9-5-10-3-7-14-8-4-10)12-11(18-13)2-1-6-15-12/h1-4,6-8H,5,9H2. The van der Waals surface area contributed by atoms with E-state index in [1.165, 1.54) is 0 Å². The number of aryl methyl sites for hydroxylation is 2. The van der Waals surface area contributed by atoms with Crippen LogP contribution in [0.15, 0.2) is 52.1 Å². The van der Waals surface area contributed by atoms with Crippen LogP contribution in [0, 0.1) is 0 Å². The van der Waals surface area contributed by atoms with Crippen LogP contribution in [0.3, 0.4) is 0 Å². The summed E-state index contributed by atoms with van der Waals surface area (Å²) in [6.07, 6.45) is 5.88. The van der Waals surface area contributed by atoms with Crippen molar-refractivity contribution in [2.24, 2.45) is 0 Å². The number of nitrogens with zero attached hydrogens (tertiary/aromatic N) is 3. The Morgan fingerprint density at radius 2 is 2.00 bits per heavy atom. The van der Waals surface area contributed by atoms with Gasteiger partial charge < -0.3 is 4.42 Å². The van der Waals surface area contributed by atoms with E-state index in [0.29, 0.717) is 17.8 Å². The molecule has 0 N–H and O–H groups in total. The molecule has 5 heteroatoms. The Labute approximate surface area is 103 Å². The fourth-order valence-corrected chi connectivity index (χ4v) is 1.89. The molecule has 0 bridgehead atoms. The van der Waals surface area contributed by atoms with Crippen molar-refractivity contribution >= 4 is 11.2 Å². The lowest BCUT2D eigenvalue weighted by Crippen LogP contribution is -2.16. The summed E-state index contributed by atoms with van der Waals surface area (Å²) < 4.78 is 6.67. The molecule has 0 atom stereocenters. The first-order valence-corrected chi connectivity index (χ1v) is 5.68. The van der Waals surface area contributed by atoms with Crippen LogP contribution < -0.4 is 5.76 Å². The van der Waals surface area contributed by atoms with Crippen molar-refractivity contribution in [1.82, 2.24) is 14.5 Å². The number of rotatable bonds is 3. The predicted molar refractivity (Wildman–Crippen MR) is 66.2 cm³/mol. The molecule has 0 aromatic carbocycles. The maximum atomic E-state index is 11.7. The number of oxazole rings is 1. The Kier molecular flexibility index (Phi) is 2.64. The second-order valence-electron chi connectivity index (χ2n) is 3.95. The molecular weight excluding hydrogens is 230 g/mol. The highest BCUT2D eigenvalue weighted by atomic mass is 16.4. The molecule has 5 nitrogen and oxygen atoms in total. The van der Waals surface area contributed by atoms with Gasteiger partial charge in [0.25, 0.3) is 0 Å². The average molecular weight is 241 g/mol. The smallest absolute Gasteiger partial charge is 0.406 e. The molecule has 0 fully saturated rings. The van der Waals surface area contributed by atoms with Crippen molar-refractivity contribution in [3.63, 3.8) is 0 Å². The molecule has 0 radical (unpaired) electrons. The number of hydrogen-bond acceptors (Lipinski definition) is 4. The molecule has 90 valence electrons. The minimum Gasteiger partial charge on any atom is -0.406 e. The Morgan fingerprint density at radius 1 is 1.17 bits per heavy atom. The Morgan fingerprint density at radius 3 is 2.83 bits per heavy atom. The van der Waals surface area contributed by atoms with Gasteiger partial charge in [-0.2, -0.15) is 0 Å².